The lowest BCUT2D eigenvalue weighted by atomic mass is 10.1. The van der Waals surface area contributed by atoms with E-state index in [1.54, 1.807) is 0 Å². The van der Waals surface area contributed by atoms with Crippen LogP contribution in [-0.4, -0.2) is 29.2 Å². The normalized spacial score (nSPS) is 13.1. The summed E-state index contributed by atoms with van der Waals surface area (Å²) in [5.74, 6) is 2.27. The lowest BCUT2D eigenvalue weighted by Crippen LogP contribution is -2.32. The second kappa shape index (κ2) is 7.79. The van der Waals surface area contributed by atoms with Crippen LogP contribution in [0.25, 0.3) is 0 Å². The third-order valence-electron chi connectivity index (χ3n) is 3.25. The predicted molar refractivity (Wildman–Crippen MR) is 84.6 cm³/mol. The van der Waals surface area contributed by atoms with Crippen molar-refractivity contribution in [3.8, 4) is 0 Å². The van der Waals surface area contributed by atoms with E-state index in [-0.39, 0.29) is 12.0 Å². The van der Waals surface area contributed by atoms with Crippen LogP contribution in [0.1, 0.15) is 51.9 Å². The molecule has 0 saturated heterocycles. The molecule has 5 heteroatoms. The Morgan fingerprint density at radius 3 is 2.35 bits per heavy atom. The average Bonchev–Trinajstić information content (AvgIpc) is 2.38. The van der Waals surface area contributed by atoms with Crippen molar-refractivity contribution in [3.63, 3.8) is 0 Å². The van der Waals surface area contributed by atoms with Crippen LogP contribution >= 0.6 is 11.6 Å². The van der Waals surface area contributed by atoms with Gasteiger partial charge in [-0.15, -0.1) is 0 Å². The first-order valence-corrected chi connectivity index (χ1v) is 7.62. The fourth-order valence-electron chi connectivity index (χ4n) is 1.73. The topological polar surface area (TPSA) is 47.0 Å². The van der Waals surface area contributed by atoms with E-state index in [9.17, 15) is 0 Å². The molecule has 1 rings (SSSR count). The molecule has 0 amide bonds. The molecule has 1 heterocycles. The van der Waals surface area contributed by atoms with E-state index < -0.39 is 0 Å². The molecule has 0 bridgehead atoms. The molecule has 0 spiro atoms. The van der Waals surface area contributed by atoms with Gasteiger partial charge in [-0.1, -0.05) is 39.3 Å². The summed E-state index contributed by atoms with van der Waals surface area (Å²) in [6.45, 7) is 13.8. The van der Waals surface area contributed by atoms with E-state index in [4.69, 9.17) is 16.3 Å². The summed E-state index contributed by atoms with van der Waals surface area (Å²) in [5, 5.41) is 3.98. The second-order valence-corrected chi connectivity index (χ2v) is 6.01. The monoisotopic (exact) mass is 299 g/mol. The molecule has 1 atom stereocenters. The molecule has 1 aromatic heterocycles. The first-order chi connectivity index (χ1) is 9.36. The van der Waals surface area contributed by atoms with Crippen molar-refractivity contribution in [2.45, 2.75) is 53.5 Å². The molecular formula is C15H26ClN3O. The number of aromatic nitrogens is 2. The maximum absolute atomic E-state index is 6.21. The maximum Gasteiger partial charge on any atom is 0.137 e. The van der Waals surface area contributed by atoms with E-state index in [0.29, 0.717) is 24.3 Å². The number of halogens is 1. The van der Waals surface area contributed by atoms with Gasteiger partial charge in [-0.2, -0.15) is 0 Å². The summed E-state index contributed by atoms with van der Waals surface area (Å²) in [6.07, 6.45) is 0. The van der Waals surface area contributed by atoms with Crippen LogP contribution in [0.3, 0.4) is 0 Å². The first-order valence-electron chi connectivity index (χ1n) is 7.25. The highest BCUT2D eigenvalue weighted by Crippen LogP contribution is 2.24. The van der Waals surface area contributed by atoms with Gasteiger partial charge >= 0.3 is 0 Å². The van der Waals surface area contributed by atoms with Crippen LogP contribution in [0.2, 0.25) is 5.15 Å². The van der Waals surface area contributed by atoms with E-state index in [0.717, 1.165) is 17.2 Å². The molecule has 0 aromatic carbocycles. The molecule has 0 radical (unpaired) electrons. The highest BCUT2D eigenvalue weighted by molar-refractivity contribution is 6.30. The summed E-state index contributed by atoms with van der Waals surface area (Å²) < 4.78 is 5.54. The third kappa shape index (κ3) is 4.60. The van der Waals surface area contributed by atoms with Gasteiger partial charge in [0.15, 0.2) is 0 Å². The number of nitrogens with zero attached hydrogens (tertiary/aromatic N) is 2. The van der Waals surface area contributed by atoms with Crippen molar-refractivity contribution in [2.75, 3.05) is 18.5 Å². The number of nitrogens with one attached hydrogen (secondary N) is 1. The van der Waals surface area contributed by atoms with Crippen LogP contribution in [-0.2, 0) is 4.74 Å². The Labute approximate surface area is 127 Å². The van der Waals surface area contributed by atoms with Crippen LogP contribution in [0.4, 0.5) is 5.82 Å². The first kappa shape index (κ1) is 17.2. The standard InChI is InChI=1S/C15H26ClN3O/c1-7-20-8-12(9(2)3)17-15-11(6)13(16)18-14(19-15)10(4)5/h9-10,12H,7-8H2,1-6H3,(H,17,18,19). The van der Waals surface area contributed by atoms with Gasteiger partial charge in [0.05, 0.1) is 12.6 Å². The van der Waals surface area contributed by atoms with Crippen molar-refractivity contribution in [1.29, 1.82) is 0 Å². The largest absolute Gasteiger partial charge is 0.380 e. The molecule has 1 N–H and O–H groups in total. The molecule has 0 aliphatic carbocycles. The predicted octanol–water partition coefficient (Wildman–Crippen LogP) is 4.03. The van der Waals surface area contributed by atoms with Gasteiger partial charge in [0, 0.05) is 18.1 Å². The Hall–Kier alpha value is -0.870. The minimum atomic E-state index is 0.208. The zero-order chi connectivity index (χ0) is 15.3. The molecule has 20 heavy (non-hydrogen) atoms. The van der Waals surface area contributed by atoms with Gasteiger partial charge in [-0.25, -0.2) is 9.97 Å². The molecule has 0 fully saturated rings. The van der Waals surface area contributed by atoms with Crippen molar-refractivity contribution in [1.82, 2.24) is 9.97 Å². The SMILES string of the molecule is CCOCC(Nc1nc(C(C)C)nc(Cl)c1C)C(C)C. The van der Waals surface area contributed by atoms with Gasteiger partial charge in [-0.05, 0) is 19.8 Å². The Bertz CT molecular complexity index is 435. The summed E-state index contributed by atoms with van der Waals surface area (Å²) in [6, 6.07) is 0.208. The molecular weight excluding hydrogens is 274 g/mol. The number of hydrogen-bond acceptors (Lipinski definition) is 4. The van der Waals surface area contributed by atoms with Crippen molar-refractivity contribution >= 4 is 17.4 Å². The van der Waals surface area contributed by atoms with Crippen LogP contribution in [0.15, 0.2) is 0 Å². The van der Waals surface area contributed by atoms with Crippen LogP contribution < -0.4 is 5.32 Å². The lowest BCUT2D eigenvalue weighted by Gasteiger charge is -2.24. The quantitative estimate of drug-likeness (QED) is 0.772. The lowest BCUT2D eigenvalue weighted by molar-refractivity contribution is 0.126. The molecule has 0 aliphatic rings. The van der Waals surface area contributed by atoms with Gasteiger partial charge < -0.3 is 10.1 Å². The van der Waals surface area contributed by atoms with E-state index in [1.165, 1.54) is 0 Å². The Kier molecular flexibility index (Phi) is 6.69. The fraction of sp³-hybridized carbons (Fsp3) is 0.733. The second-order valence-electron chi connectivity index (χ2n) is 5.66. The Morgan fingerprint density at radius 2 is 1.85 bits per heavy atom. The van der Waals surface area contributed by atoms with Crippen molar-refractivity contribution in [3.05, 3.63) is 16.5 Å². The minimum absolute atomic E-state index is 0.208. The van der Waals surface area contributed by atoms with Crippen LogP contribution in [0, 0.1) is 12.8 Å². The van der Waals surface area contributed by atoms with Gasteiger partial charge in [0.25, 0.3) is 0 Å². The van der Waals surface area contributed by atoms with Gasteiger partial charge in [-0.3, -0.25) is 0 Å². The summed E-state index contributed by atoms with van der Waals surface area (Å²) >= 11 is 6.21. The molecule has 1 aromatic rings. The average molecular weight is 300 g/mol. The van der Waals surface area contributed by atoms with Gasteiger partial charge in [0.2, 0.25) is 0 Å². The molecule has 0 saturated carbocycles. The van der Waals surface area contributed by atoms with E-state index >= 15 is 0 Å². The highest BCUT2D eigenvalue weighted by Gasteiger charge is 2.18. The maximum atomic E-state index is 6.21. The molecule has 114 valence electrons. The number of anilines is 1. The minimum Gasteiger partial charge on any atom is -0.380 e. The zero-order valence-electron chi connectivity index (χ0n) is 13.3. The smallest absolute Gasteiger partial charge is 0.137 e. The fourth-order valence-corrected chi connectivity index (χ4v) is 1.90. The summed E-state index contributed by atoms with van der Waals surface area (Å²) in [4.78, 5) is 8.93. The Morgan fingerprint density at radius 1 is 1.20 bits per heavy atom. The highest BCUT2D eigenvalue weighted by atomic mass is 35.5. The number of hydrogen-bond donors (Lipinski definition) is 1. The zero-order valence-corrected chi connectivity index (χ0v) is 14.1. The van der Waals surface area contributed by atoms with E-state index in [1.807, 2.05) is 13.8 Å². The Balaban J connectivity index is 2.99. The number of ether oxygens (including phenoxy) is 1. The molecule has 4 nitrogen and oxygen atoms in total. The molecule has 0 aliphatic heterocycles. The van der Waals surface area contributed by atoms with E-state index in [2.05, 4.69) is 43.0 Å². The van der Waals surface area contributed by atoms with Crippen molar-refractivity contribution < 1.29 is 4.74 Å². The summed E-state index contributed by atoms with van der Waals surface area (Å²) in [5.41, 5.74) is 0.887. The summed E-state index contributed by atoms with van der Waals surface area (Å²) in [7, 11) is 0. The van der Waals surface area contributed by atoms with Gasteiger partial charge in [0.1, 0.15) is 16.8 Å². The van der Waals surface area contributed by atoms with Crippen molar-refractivity contribution in [2.24, 2.45) is 5.92 Å². The molecule has 1 unspecified atom stereocenters. The third-order valence-corrected chi connectivity index (χ3v) is 3.62. The number of rotatable bonds is 7. The van der Waals surface area contributed by atoms with Crippen LogP contribution in [0.5, 0.6) is 0 Å².